The monoisotopic (exact) mass is 447 g/mol. The lowest BCUT2D eigenvalue weighted by atomic mass is 10.1. The van der Waals surface area contributed by atoms with E-state index in [-0.39, 0.29) is 22.9 Å². The molecule has 31 heavy (non-hydrogen) atoms. The summed E-state index contributed by atoms with van der Waals surface area (Å²) in [5.74, 6) is 0.201. The van der Waals surface area contributed by atoms with E-state index in [1.165, 1.54) is 12.1 Å². The lowest BCUT2D eigenvalue weighted by Crippen LogP contribution is -2.49. The highest BCUT2D eigenvalue weighted by molar-refractivity contribution is 7.89. The molecule has 6 nitrogen and oxygen atoms in total. The van der Waals surface area contributed by atoms with Gasteiger partial charge in [-0.1, -0.05) is 24.3 Å². The molecule has 8 heteroatoms. The Balaban J connectivity index is 1.60. The van der Waals surface area contributed by atoms with Crippen molar-refractivity contribution < 1.29 is 17.5 Å². The Morgan fingerprint density at radius 1 is 1.06 bits per heavy atom. The maximum atomic E-state index is 13.6. The van der Waals surface area contributed by atoms with Crippen molar-refractivity contribution >= 4 is 10.0 Å². The van der Waals surface area contributed by atoms with Gasteiger partial charge in [-0.25, -0.2) is 12.8 Å². The first-order valence-electron chi connectivity index (χ1n) is 10.7. The van der Waals surface area contributed by atoms with Gasteiger partial charge in [0.15, 0.2) is 0 Å². The molecule has 0 aliphatic carbocycles. The van der Waals surface area contributed by atoms with E-state index in [1.807, 2.05) is 25.1 Å². The van der Waals surface area contributed by atoms with E-state index in [0.717, 1.165) is 25.1 Å². The Labute approximate surface area is 184 Å². The van der Waals surface area contributed by atoms with E-state index in [9.17, 15) is 12.8 Å². The van der Waals surface area contributed by atoms with Crippen LogP contribution in [0.5, 0.6) is 5.75 Å². The second-order valence-corrected chi connectivity index (χ2v) is 10.4. The molecule has 2 aromatic carbocycles. The Morgan fingerprint density at radius 3 is 2.52 bits per heavy atom. The van der Waals surface area contributed by atoms with Gasteiger partial charge in [-0.2, -0.15) is 4.31 Å². The third-order valence-corrected chi connectivity index (χ3v) is 8.04. The molecule has 2 aromatic rings. The van der Waals surface area contributed by atoms with E-state index in [4.69, 9.17) is 4.74 Å². The number of hydrogen-bond acceptors (Lipinski definition) is 5. The van der Waals surface area contributed by atoms with Gasteiger partial charge in [0, 0.05) is 32.7 Å². The van der Waals surface area contributed by atoms with Gasteiger partial charge in [-0.15, -0.1) is 0 Å². The van der Waals surface area contributed by atoms with E-state index in [2.05, 4.69) is 4.90 Å². The van der Waals surface area contributed by atoms with Crippen molar-refractivity contribution in [2.75, 3.05) is 40.3 Å². The molecule has 0 saturated carbocycles. The first-order chi connectivity index (χ1) is 14.8. The molecule has 2 atom stereocenters. The quantitative estimate of drug-likeness (QED) is 0.706. The van der Waals surface area contributed by atoms with Crippen LogP contribution in [0.25, 0.3) is 0 Å². The molecule has 0 spiro atoms. The fourth-order valence-corrected chi connectivity index (χ4v) is 6.19. The number of rotatable bonds is 5. The highest BCUT2D eigenvalue weighted by Crippen LogP contribution is 2.36. The molecular weight excluding hydrogens is 417 g/mol. The fourth-order valence-electron chi connectivity index (χ4n) is 4.40. The number of sulfonamides is 1. The highest BCUT2D eigenvalue weighted by atomic mass is 32.2. The van der Waals surface area contributed by atoms with Gasteiger partial charge in [-0.05, 0) is 56.8 Å². The summed E-state index contributed by atoms with van der Waals surface area (Å²) in [6.07, 6.45) is 1.21. The zero-order chi connectivity index (χ0) is 22.0. The molecular formula is C23H30FN3O3S. The van der Waals surface area contributed by atoms with E-state index >= 15 is 0 Å². The zero-order valence-electron chi connectivity index (χ0n) is 18.1. The molecule has 1 saturated heterocycles. The van der Waals surface area contributed by atoms with Gasteiger partial charge in [0.05, 0.1) is 6.04 Å². The Bertz CT molecular complexity index is 997. The average molecular weight is 448 g/mol. The third kappa shape index (κ3) is 4.92. The number of halogens is 1. The smallest absolute Gasteiger partial charge is 0.247 e. The number of nitrogens with zero attached hydrogens (tertiary/aromatic N) is 3. The molecule has 4 rings (SSSR count). The van der Waals surface area contributed by atoms with Crippen LogP contribution in [0.1, 0.15) is 18.4 Å². The molecule has 0 bridgehead atoms. The maximum Gasteiger partial charge on any atom is 0.247 e. The second-order valence-electron chi connectivity index (χ2n) is 8.57. The van der Waals surface area contributed by atoms with Gasteiger partial charge in [0.1, 0.15) is 22.6 Å². The molecule has 0 N–H and O–H groups in total. The summed E-state index contributed by atoms with van der Waals surface area (Å²) < 4.78 is 48.4. The van der Waals surface area contributed by atoms with Gasteiger partial charge in [0.25, 0.3) is 0 Å². The summed E-state index contributed by atoms with van der Waals surface area (Å²) in [5, 5.41) is 0. The SMILES string of the molecule is CN(C)CCN1[C@@H]2CCN(Cc3ccc(F)cc3)CC[C@H]2Oc2ccccc2S1(=O)=O. The molecule has 0 radical (unpaired) electrons. The molecule has 2 aliphatic heterocycles. The number of fused-ring (bicyclic) bond motifs is 2. The van der Waals surface area contributed by atoms with Crippen LogP contribution >= 0.6 is 0 Å². The summed E-state index contributed by atoms with van der Waals surface area (Å²) in [6, 6.07) is 13.3. The minimum Gasteiger partial charge on any atom is -0.487 e. The Hall–Kier alpha value is -2.00. The summed E-state index contributed by atoms with van der Waals surface area (Å²) in [5.41, 5.74) is 1.05. The van der Waals surface area contributed by atoms with Crippen molar-refractivity contribution in [2.45, 2.75) is 36.4 Å². The molecule has 0 amide bonds. The number of para-hydroxylation sites is 1. The lowest BCUT2D eigenvalue weighted by molar-refractivity contribution is 0.110. The maximum absolute atomic E-state index is 13.6. The van der Waals surface area contributed by atoms with Crippen molar-refractivity contribution in [3.8, 4) is 5.75 Å². The number of likely N-dealkylation sites (tertiary alicyclic amines) is 1. The summed E-state index contributed by atoms with van der Waals surface area (Å²) in [7, 11) is 0.235. The summed E-state index contributed by atoms with van der Waals surface area (Å²) in [4.78, 5) is 4.55. The molecule has 0 unspecified atom stereocenters. The van der Waals surface area contributed by atoms with E-state index in [1.54, 1.807) is 34.6 Å². The van der Waals surface area contributed by atoms with Crippen molar-refractivity contribution in [3.05, 3.63) is 59.9 Å². The predicted octanol–water partition coefficient (Wildman–Crippen LogP) is 2.80. The predicted molar refractivity (Wildman–Crippen MR) is 118 cm³/mol. The Morgan fingerprint density at radius 2 is 1.77 bits per heavy atom. The standard InChI is InChI=1S/C23H30FN3O3S/c1-25(2)15-16-27-20-11-13-26(17-18-7-9-19(24)10-8-18)14-12-21(20)30-22-5-3-4-6-23(22)31(27,28)29/h3-10,20-21H,11-17H2,1-2H3/t20-,21-/m1/s1. The molecule has 1 fully saturated rings. The highest BCUT2D eigenvalue weighted by Gasteiger charge is 2.43. The third-order valence-electron chi connectivity index (χ3n) is 6.07. The average Bonchev–Trinajstić information content (AvgIpc) is 2.97. The van der Waals surface area contributed by atoms with E-state index < -0.39 is 10.0 Å². The van der Waals surface area contributed by atoms with Crippen LogP contribution in [0.4, 0.5) is 4.39 Å². The second kappa shape index (κ2) is 9.24. The van der Waals surface area contributed by atoms with Crippen LogP contribution in [0, 0.1) is 5.82 Å². The van der Waals surface area contributed by atoms with Crippen LogP contribution in [-0.2, 0) is 16.6 Å². The zero-order valence-corrected chi connectivity index (χ0v) is 18.9. The van der Waals surface area contributed by atoms with Crippen LogP contribution < -0.4 is 4.74 Å². The van der Waals surface area contributed by atoms with Gasteiger partial charge in [-0.3, -0.25) is 4.90 Å². The van der Waals surface area contributed by atoms with Crippen molar-refractivity contribution in [2.24, 2.45) is 0 Å². The summed E-state index contributed by atoms with van der Waals surface area (Å²) >= 11 is 0. The number of benzene rings is 2. The van der Waals surface area contributed by atoms with Crippen LogP contribution in [0.15, 0.2) is 53.4 Å². The fraction of sp³-hybridized carbons (Fsp3) is 0.478. The van der Waals surface area contributed by atoms with Gasteiger partial charge in [0.2, 0.25) is 10.0 Å². The first-order valence-corrected chi connectivity index (χ1v) is 12.2. The van der Waals surface area contributed by atoms with Crippen molar-refractivity contribution in [3.63, 3.8) is 0 Å². The van der Waals surface area contributed by atoms with E-state index in [0.29, 0.717) is 31.8 Å². The molecule has 2 heterocycles. The topological polar surface area (TPSA) is 53.1 Å². The minimum absolute atomic E-state index is 0.209. The van der Waals surface area contributed by atoms with Crippen molar-refractivity contribution in [1.29, 1.82) is 0 Å². The molecule has 168 valence electrons. The normalized spacial score (nSPS) is 24.0. The van der Waals surface area contributed by atoms with Gasteiger partial charge < -0.3 is 9.64 Å². The number of ether oxygens (including phenoxy) is 1. The lowest BCUT2D eigenvalue weighted by Gasteiger charge is -2.32. The van der Waals surface area contributed by atoms with Crippen LogP contribution in [0.3, 0.4) is 0 Å². The molecule has 2 aliphatic rings. The Kier molecular flexibility index (Phi) is 6.62. The molecule has 0 aromatic heterocycles. The number of likely N-dealkylation sites (N-methyl/N-ethyl adjacent to an activating group) is 1. The van der Waals surface area contributed by atoms with Crippen LogP contribution in [-0.4, -0.2) is 74.9 Å². The van der Waals surface area contributed by atoms with Crippen LogP contribution in [0.2, 0.25) is 0 Å². The van der Waals surface area contributed by atoms with Gasteiger partial charge >= 0.3 is 0 Å². The summed E-state index contributed by atoms with van der Waals surface area (Å²) in [6.45, 7) is 3.32. The largest absolute Gasteiger partial charge is 0.487 e. The van der Waals surface area contributed by atoms with Crippen molar-refractivity contribution in [1.82, 2.24) is 14.1 Å². The first kappa shape index (κ1) is 22.2. The minimum atomic E-state index is -3.66. The number of hydrogen-bond donors (Lipinski definition) is 0.